The van der Waals surface area contributed by atoms with Gasteiger partial charge in [-0.3, -0.25) is 0 Å². The van der Waals surface area contributed by atoms with Crippen LogP contribution in [0.2, 0.25) is 0 Å². The first-order chi connectivity index (χ1) is 8.78. The Balaban J connectivity index is 3.22. The maximum atomic E-state index is 12.1. The number of aromatic nitrogens is 1. The Hall–Kier alpha value is -1.83. The Labute approximate surface area is 107 Å². The lowest BCUT2D eigenvalue weighted by atomic mass is 10.1. The van der Waals surface area contributed by atoms with Gasteiger partial charge in [0.05, 0.1) is 12.2 Å². The van der Waals surface area contributed by atoms with Gasteiger partial charge in [0.25, 0.3) is 0 Å². The summed E-state index contributed by atoms with van der Waals surface area (Å²) in [5, 5.41) is 0. The molecule has 0 amide bonds. The molecule has 0 unspecified atom stereocenters. The molecular formula is C11H13F3N2O3. The lowest BCUT2D eigenvalue weighted by Crippen LogP contribution is -2.20. The Morgan fingerprint density at radius 1 is 1.47 bits per heavy atom. The Bertz CT molecular complexity index is 475. The molecule has 2 N–H and O–H groups in total. The molecular weight excluding hydrogens is 265 g/mol. The zero-order valence-corrected chi connectivity index (χ0v) is 10.4. The van der Waals surface area contributed by atoms with Crippen molar-refractivity contribution in [1.82, 2.24) is 4.98 Å². The van der Waals surface area contributed by atoms with E-state index in [9.17, 15) is 18.0 Å². The van der Waals surface area contributed by atoms with Crippen molar-refractivity contribution >= 4 is 5.97 Å². The van der Waals surface area contributed by atoms with E-state index in [0.717, 1.165) is 6.07 Å². The second-order valence-corrected chi connectivity index (χ2v) is 3.54. The molecule has 8 heteroatoms. The quantitative estimate of drug-likeness (QED) is 0.852. The maximum absolute atomic E-state index is 12.1. The molecule has 0 aliphatic heterocycles. The highest BCUT2D eigenvalue weighted by Crippen LogP contribution is 2.25. The van der Waals surface area contributed by atoms with Crippen molar-refractivity contribution < 1.29 is 27.4 Å². The van der Waals surface area contributed by atoms with E-state index in [2.05, 4.69) is 9.72 Å². The Kier molecular flexibility index (Phi) is 4.71. The molecule has 19 heavy (non-hydrogen) atoms. The Morgan fingerprint density at radius 2 is 2.11 bits per heavy atom. The predicted molar refractivity (Wildman–Crippen MR) is 59.5 cm³/mol. The van der Waals surface area contributed by atoms with E-state index in [4.69, 9.17) is 10.5 Å². The van der Waals surface area contributed by atoms with Crippen LogP contribution in [0.15, 0.2) is 6.07 Å². The monoisotopic (exact) mass is 278 g/mol. The minimum absolute atomic E-state index is 0.0424. The molecule has 106 valence electrons. The fraction of sp³-hybridized carbons (Fsp3) is 0.455. The van der Waals surface area contributed by atoms with Crippen molar-refractivity contribution in [3.63, 3.8) is 0 Å². The highest BCUT2D eigenvalue weighted by Gasteiger charge is 2.32. The van der Waals surface area contributed by atoms with Gasteiger partial charge in [-0.15, -0.1) is 13.2 Å². The van der Waals surface area contributed by atoms with Gasteiger partial charge >= 0.3 is 12.3 Å². The fourth-order valence-electron chi connectivity index (χ4n) is 1.49. The number of halogens is 3. The van der Waals surface area contributed by atoms with Crippen LogP contribution in [0.4, 0.5) is 13.2 Å². The minimum Gasteiger partial charge on any atom is -0.462 e. The van der Waals surface area contributed by atoms with Crippen LogP contribution >= 0.6 is 0 Å². The van der Waals surface area contributed by atoms with Crippen LogP contribution in [0.1, 0.15) is 28.5 Å². The van der Waals surface area contributed by atoms with Crippen molar-refractivity contribution in [2.45, 2.75) is 26.8 Å². The van der Waals surface area contributed by atoms with Gasteiger partial charge in [-0.25, -0.2) is 9.78 Å². The first-order valence-corrected chi connectivity index (χ1v) is 5.42. The number of nitrogens with zero attached hydrogens (tertiary/aromatic N) is 1. The topological polar surface area (TPSA) is 74.4 Å². The summed E-state index contributed by atoms with van der Waals surface area (Å²) < 4.78 is 44.8. The van der Waals surface area contributed by atoms with Gasteiger partial charge in [0.15, 0.2) is 0 Å². The number of aryl methyl sites for hydroxylation is 1. The highest BCUT2D eigenvalue weighted by molar-refractivity contribution is 5.91. The molecule has 5 nitrogen and oxygen atoms in total. The fourth-order valence-corrected chi connectivity index (χ4v) is 1.49. The summed E-state index contributed by atoms with van der Waals surface area (Å²) in [6.45, 7) is 3.08. The summed E-state index contributed by atoms with van der Waals surface area (Å²) in [5.74, 6) is -1.48. The van der Waals surface area contributed by atoms with E-state index >= 15 is 0 Å². The van der Waals surface area contributed by atoms with E-state index < -0.39 is 18.2 Å². The summed E-state index contributed by atoms with van der Waals surface area (Å²) in [7, 11) is 0. The van der Waals surface area contributed by atoms with E-state index in [1.54, 1.807) is 6.92 Å². The first-order valence-electron chi connectivity index (χ1n) is 5.42. The molecule has 0 atom stereocenters. The third-order valence-corrected chi connectivity index (χ3v) is 2.23. The number of alkyl halides is 3. The molecule has 0 bridgehead atoms. The van der Waals surface area contributed by atoms with E-state index in [0.29, 0.717) is 5.56 Å². The molecule has 0 saturated carbocycles. The van der Waals surface area contributed by atoms with E-state index in [1.165, 1.54) is 6.92 Å². The molecule has 0 aliphatic rings. The number of hydrogen-bond donors (Lipinski definition) is 1. The summed E-state index contributed by atoms with van der Waals surface area (Å²) >= 11 is 0. The molecule has 0 saturated heterocycles. The average molecular weight is 278 g/mol. The summed E-state index contributed by atoms with van der Waals surface area (Å²) in [6.07, 6.45) is -4.88. The van der Waals surface area contributed by atoms with Crippen LogP contribution < -0.4 is 10.5 Å². The number of esters is 1. The molecule has 1 heterocycles. The van der Waals surface area contributed by atoms with Crippen molar-refractivity contribution in [1.29, 1.82) is 0 Å². The third kappa shape index (κ3) is 4.09. The average Bonchev–Trinajstić information content (AvgIpc) is 2.26. The second kappa shape index (κ2) is 5.87. The SMILES string of the molecule is CCOC(=O)c1cc(OC(F)(F)F)nc(C)c1CN. The molecule has 1 aromatic heterocycles. The van der Waals surface area contributed by atoms with Crippen LogP contribution in [0.25, 0.3) is 0 Å². The van der Waals surface area contributed by atoms with Crippen molar-refractivity contribution in [2.24, 2.45) is 5.73 Å². The van der Waals surface area contributed by atoms with Gasteiger partial charge < -0.3 is 15.2 Å². The molecule has 0 aromatic carbocycles. The number of hydrogen-bond acceptors (Lipinski definition) is 5. The van der Waals surface area contributed by atoms with Crippen molar-refractivity contribution in [3.05, 3.63) is 22.9 Å². The summed E-state index contributed by atoms with van der Waals surface area (Å²) in [5.41, 5.74) is 5.89. The van der Waals surface area contributed by atoms with Crippen LogP contribution in [-0.2, 0) is 11.3 Å². The summed E-state index contributed by atoms with van der Waals surface area (Å²) in [6, 6.07) is 0.876. The number of pyridine rings is 1. The van der Waals surface area contributed by atoms with Gasteiger partial charge in [0.2, 0.25) is 5.88 Å². The van der Waals surface area contributed by atoms with Crippen LogP contribution in [-0.4, -0.2) is 23.9 Å². The highest BCUT2D eigenvalue weighted by atomic mass is 19.4. The maximum Gasteiger partial charge on any atom is 0.574 e. The zero-order valence-electron chi connectivity index (χ0n) is 10.4. The van der Waals surface area contributed by atoms with E-state index in [-0.39, 0.29) is 24.4 Å². The molecule has 1 aromatic rings. The van der Waals surface area contributed by atoms with Gasteiger partial charge in [-0.05, 0) is 13.8 Å². The molecule has 0 fully saturated rings. The van der Waals surface area contributed by atoms with Crippen molar-refractivity contribution in [3.8, 4) is 5.88 Å². The van der Waals surface area contributed by atoms with Crippen LogP contribution in [0.5, 0.6) is 5.88 Å². The lowest BCUT2D eigenvalue weighted by Gasteiger charge is -2.13. The number of ether oxygens (including phenoxy) is 2. The minimum atomic E-state index is -4.88. The summed E-state index contributed by atoms with van der Waals surface area (Å²) in [4.78, 5) is 15.3. The van der Waals surface area contributed by atoms with Crippen molar-refractivity contribution in [2.75, 3.05) is 6.61 Å². The largest absolute Gasteiger partial charge is 0.574 e. The number of carbonyl (C=O) groups is 1. The number of rotatable bonds is 4. The first kappa shape index (κ1) is 15.2. The van der Waals surface area contributed by atoms with Gasteiger partial charge in [-0.2, -0.15) is 0 Å². The third-order valence-electron chi connectivity index (χ3n) is 2.23. The van der Waals surface area contributed by atoms with E-state index in [1.807, 2.05) is 0 Å². The molecule has 0 aliphatic carbocycles. The number of carbonyl (C=O) groups excluding carboxylic acids is 1. The molecule has 0 spiro atoms. The molecule has 1 rings (SSSR count). The van der Waals surface area contributed by atoms with Gasteiger partial charge in [0, 0.05) is 23.9 Å². The van der Waals surface area contributed by atoms with Crippen LogP contribution in [0, 0.1) is 6.92 Å². The van der Waals surface area contributed by atoms with Gasteiger partial charge in [-0.1, -0.05) is 0 Å². The smallest absolute Gasteiger partial charge is 0.462 e. The standard InChI is InChI=1S/C11H13F3N2O3/c1-3-18-10(17)7-4-9(19-11(12,13)14)16-6(2)8(7)5-15/h4H,3,5,15H2,1-2H3. The Morgan fingerprint density at radius 3 is 2.58 bits per heavy atom. The lowest BCUT2D eigenvalue weighted by molar-refractivity contribution is -0.276. The predicted octanol–water partition coefficient (Wildman–Crippen LogP) is 1.92. The normalized spacial score (nSPS) is 11.3. The number of nitrogens with two attached hydrogens (primary N) is 1. The second-order valence-electron chi connectivity index (χ2n) is 3.54. The van der Waals surface area contributed by atoms with Gasteiger partial charge in [0.1, 0.15) is 0 Å². The zero-order chi connectivity index (χ0) is 14.6. The van der Waals surface area contributed by atoms with Crippen LogP contribution in [0.3, 0.4) is 0 Å². The molecule has 0 radical (unpaired) electrons.